The molecule has 1 atom stereocenters. The predicted molar refractivity (Wildman–Crippen MR) is 104 cm³/mol. The lowest BCUT2D eigenvalue weighted by Crippen LogP contribution is -2.41. The second-order valence-corrected chi connectivity index (χ2v) is 6.99. The molecule has 0 radical (unpaired) electrons. The van der Waals surface area contributed by atoms with Crippen molar-refractivity contribution in [2.45, 2.75) is 12.1 Å². The Balaban J connectivity index is 1.92. The number of aromatic nitrogens is 3. The van der Waals surface area contributed by atoms with Crippen LogP contribution in [-0.4, -0.2) is 33.0 Å². The minimum absolute atomic E-state index is 0.102. The molecule has 0 amide bonds. The van der Waals surface area contributed by atoms with Crippen LogP contribution in [0.1, 0.15) is 5.56 Å². The summed E-state index contributed by atoms with van der Waals surface area (Å²) in [6.07, 6.45) is 2.65. The Kier molecular flexibility index (Phi) is 6.10. The highest BCUT2D eigenvalue weighted by Crippen LogP contribution is 2.36. The van der Waals surface area contributed by atoms with Crippen molar-refractivity contribution >= 4 is 40.8 Å². The van der Waals surface area contributed by atoms with E-state index in [9.17, 15) is 9.90 Å². The lowest BCUT2D eigenvalue weighted by molar-refractivity contribution is -0.165. The van der Waals surface area contributed by atoms with Crippen molar-refractivity contribution in [2.75, 3.05) is 7.11 Å². The fraction of sp³-hybridized carbons (Fsp3) is 0.167. The molecule has 2 aromatic carbocycles. The molecule has 1 N–H and O–H groups in total. The maximum Gasteiger partial charge on any atom is 0.344 e. The molecule has 146 valence electrons. The van der Waals surface area contributed by atoms with Gasteiger partial charge < -0.3 is 14.6 Å². The lowest BCUT2D eigenvalue weighted by Gasteiger charge is -2.26. The molecule has 10 heteroatoms. The van der Waals surface area contributed by atoms with Crippen molar-refractivity contribution in [3.05, 3.63) is 69.7 Å². The van der Waals surface area contributed by atoms with Crippen LogP contribution in [0.2, 0.25) is 15.1 Å². The molecule has 7 nitrogen and oxygen atoms in total. The van der Waals surface area contributed by atoms with Gasteiger partial charge in [0.25, 0.3) is 0 Å². The van der Waals surface area contributed by atoms with Gasteiger partial charge in [-0.05, 0) is 24.3 Å². The number of hydrogen-bond acceptors (Lipinski definition) is 6. The normalized spacial score (nSPS) is 13.0. The first kappa shape index (κ1) is 20.4. The van der Waals surface area contributed by atoms with Crippen molar-refractivity contribution in [3.63, 3.8) is 0 Å². The van der Waals surface area contributed by atoms with Crippen LogP contribution in [0.4, 0.5) is 0 Å². The van der Waals surface area contributed by atoms with Crippen molar-refractivity contribution in [1.29, 1.82) is 0 Å². The van der Waals surface area contributed by atoms with Crippen LogP contribution in [0.15, 0.2) is 49.1 Å². The van der Waals surface area contributed by atoms with Gasteiger partial charge in [-0.3, -0.25) is 0 Å². The third-order valence-electron chi connectivity index (χ3n) is 3.89. The van der Waals surface area contributed by atoms with Gasteiger partial charge in [0.15, 0.2) is 0 Å². The average molecular weight is 443 g/mol. The fourth-order valence-electron chi connectivity index (χ4n) is 2.55. The van der Waals surface area contributed by atoms with Crippen molar-refractivity contribution in [3.8, 4) is 11.5 Å². The van der Waals surface area contributed by atoms with Gasteiger partial charge in [-0.1, -0.05) is 40.9 Å². The van der Waals surface area contributed by atoms with Gasteiger partial charge in [-0.2, -0.15) is 5.10 Å². The molecule has 0 aliphatic carbocycles. The molecule has 3 rings (SSSR count). The molecule has 1 unspecified atom stereocenters. The van der Waals surface area contributed by atoms with Crippen LogP contribution in [0.5, 0.6) is 11.5 Å². The first-order chi connectivity index (χ1) is 13.3. The summed E-state index contributed by atoms with van der Waals surface area (Å²) in [5, 5.41) is 15.8. The summed E-state index contributed by atoms with van der Waals surface area (Å²) in [5.41, 5.74) is -1.93. The van der Waals surface area contributed by atoms with E-state index < -0.39 is 11.6 Å². The smallest absolute Gasteiger partial charge is 0.344 e. The molecule has 0 aliphatic rings. The van der Waals surface area contributed by atoms with E-state index in [2.05, 4.69) is 10.1 Å². The van der Waals surface area contributed by atoms with E-state index in [1.807, 2.05) is 0 Å². The highest BCUT2D eigenvalue weighted by atomic mass is 35.5. The maximum absolute atomic E-state index is 12.3. The Morgan fingerprint density at radius 1 is 1.11 bits per heavy atom. The molecular weight excluding hydrogens is 429 g/mol. The Hall–Kier alpha value is -2.32. The molecule has 0 saturated carbocycles. The topological polar surface area (TPSA) is 86.5 Å². The molecule has 0 aliphatic heterocycles. The van der Waals surface area contributed by atoms with Crippen molar-refractivity contribution in [1.82, 2.24) is 14.8 Å². The van der Waals surface area contributed by atoms with Gasteiger partial charge in [-0.25, -0.2) is 14.5 Å². The van der Waals surface area contributed by atoms with Gasteiger partial charge in [0.05, 0.1) is 28.7 Å². The van der Waals surface area contributed by atoms with E-state index >= 15 is 0 Å². The minimum Gasteiger partial charge on any atom is -0.467 e. The lowest BCUT2D eigenvalue weighted by atomic mass is 9.93. The number of nitrogens with zero attached hydrogens (tertiary/aromatic N) is 3. The van der Waals surface area contributed by atoms with Gasteiger partial charge >= 0.3 is 5.97 Å². The van der Waals surface area contributed by atoms with E-state index in [-0.39, 0.29) is 17.1 Å². The van der Waals surface area contributed by atoms with Crippen LogP contribution in [-0.2, 0) is 21.7 Å². The zero-order valence-electron chi connectivity index (χ0n) is 14.5. The maximum atomic E-state index is 12.3. The third-order valence-corrected chi connectivity index (χ3v) is 4.95. The average Bonchev–Trinajstić information content (AvgIpc) is 3.16. The summed E-state index contributed by atoms with van der Waals surface area (Å²) in [6.45, 7) is -0.230. The molecule has 0 spiro atoms. The quantitative estimate of drug-likeness (QED) is 0.579. The Morgan fingerprint density at radius 3 is 2.36 bits per heavy atom. The minimum atomic E-state index is -2.07. The van der Waals surface area contributed by atoms with Gasteiger partial charge in [0.2, 0.25) is 5.60 Å². The Bertz CT molecular complexity index is 998. The van der Waals surface area contributed by atoms with Crippen LogP contribution in [0, 0.1) is 0 Å². The van der Waals surface area contributed by atoms with E-state index in [1.165, 1.54) is 36.6 Å². The SMILES string of the molecule is COC(=O)C(O)(Cn1cncn1)c1ccc(Oc2ccc(Cl)c(Cl)c2)cc1Cl. The first-order valence-corrected chi connectivity index (χ1v) is 9.03. The number of ether oxygens (including phenoxy) is 2. The van der Waals surface area contributed by atoms with Gasteiger partial charge in [0.1, 0.15) is 24.2 Å². The van der Waals surface area contributed by atoms with Crippen LogP contribution in [0.3, 0.4) is 0 Å². The van der Waals surface area contributed by atoms with Crippen LogP contribution in [0.25, 0.3) is 0 Å². The predicted octanol–water partition coefficient (Wildman–Crippen LogP) is 4.09. The monoisotopic (exact) mass is 441 g/mol. The number of methoxy groups -OCH3 is 1. The molecule has 0 fully saturated rings. The first-order valence-electron chi connectivity index (χ1n) is 7.89. The number of aliphatic hydroxyl groups is 1. The number of halogens is 3. The molecule has 3 aromatic rings. The van der Waals surface area contributed by atoms with E-state index in [0.29, 0.717) is 21.5 Å². The van der Waals surface area contributed by atoms with Crippen molar-refractivity contribution < 1.29 is 19.4 Å². The number of esters is 1. The summed E-state index contributed by atoms with van der Waals surface area (Å²) in [4.78, 5) is 16.1. The third kappa shape index (κ3) is 4.23. The highest BCUT2D eigenvalue weighted by Gasteiger charge is 2.42. The summed E-state index contributed by atoms with van der Waals surface area (Å²) in [5.74, 6) is -0.0628. The van der Waals surface area contributed by atoms with Crippen LogP contribution >= 0.6 is 34.8 Å². The molecule has 0 bridgehead atoms. The molecular formula is C18H14Cl3N3O4. The van der Waals surface area contributed by atoms with E-state index in [0.717, 1.165) is 0 Å². The largest absolute Gasteiger partial charge is 0.467 e. The number of carbonyl (C=O) groups is 1. The van der Waals surface area contributed by atoms with E-state index in [4.69, 9.17) is 44.3 Å². The number of hydrogen-bond donors (Lipinski definition) is 1. The highest BCUT2D eigenvalue weighted by molar-refractivity contribution is 6.42. The second kappa shape index (κ2) is 8.36. The number of carbonyl (C=O) groups excluding carboxylic acids is 1. The van der Waals surface area contributed by atoms with Gasteiger partial charge in [-0.15, -0.1) is 0 Å². The summed E-state index contributed by atoms with van der Waals surface area (Å²) in [7, 11) is 1.17. The molecule has 0 saturated heterocycles. The second-order valence-electron chi connectivity index (χ2n) is 5.76. The van der Waals surface area contributed by atoms with Crippen molar-refractivity contribution in [2.24, 2.45) is 0 Å². The molecule has 1 heterocycles. The summed E-state index contributed by atoms with van der Waals surface area (Å²) in [6, 6.07) is 9.30. The van der Waals surface area contributed by atoms with E-state index in [1.54, 1.807) is 24.3 Å². The summed E-state index contributed by atoms with van der Waals surface area (Å²) >= 11 is 18.2. The Labute approximate surface area is 175 Å². The fourth-order valence-corrected chi connectivity index (χ4v) is 3.16. The number of rotatable bonds is 6. The molecule has 1 aromatic heterocycles. The zero-order valence-corrected chi connectivity index (χ0v) is 16.7. The Morgan fingerprint density at radius 2 is 1.79 bits per heavy atom. The van der Waals surface area contributed by atoms with Gasteiger partial charge in [0, 0.05) is 11.6 Å². The standard InChI is InChI=1S/C18H14Cl3N3O4/c1-27-17(25)18(26,8-24-10-22-9-23-24)13-4-2-11(6-15(13)20)28-12-3-5-14(19)16(21)7-12/h2-7,9-10,26H,8H2,1H3. The summed E-state index contributed by atoms with van der Waals surface area (Å²) < 4.78 is 11.8. The van der Waals surface area contributed by atoms with Crippen LogP contribution < -0.4 is 4.74 Å². The zero-order chi connectivity index (χ0) is 20.3. The number of benzene rings is 2. The molecule has 28 heavy (non-hydrogen) atoms.